The van der Waals surface area contributed by atoms with Crippen molar-refractivity contribution in [2.75, 3.05) is 0 Å². The Balaban J connectivity index is 2.42. The van der Waals surface area contributed by atoms with Gasteiger partial charge in [-0.15, -0.1) is 22.7 Å². The van der Waals surface area contributed by atoms with E-state index < -0.39 is 23.3 Å². The second-order valence-electron chi connectivity index (χ2n) is 6.50. The monoisotopic (exact) mass is 463 g/mol. The third kappa shape index (κ3) is 3.39. The van der Waals surface area contributed by atoms with Crippen LogP contribution in [0.3, 0.4) is 0 Å². The van der Waals surface area contributed by atoms with Gasteiger partial charge in [0, 0.05) is 13.6 Å². The maximum absolute atomic E-state index is 12.7. The summed E-state index contributed by atoms with van der Waals surface area (Å²) < 4.78 is 2.32. The lowest BCUT2D eigenvalue weighted by atomic mass is 10.1. The first-order chi connectivity index (χ1) is 13.0. The molecule has 0 saturated heterocycles. The number of carbonyl (C=O) groups is 1. The number of thiazole rings is 1. The summed E-state index contributed by atoms with van der Waals surface area (Å²) >= 11 is 13.6. The quantitative estimate of drug-likeness (QED) is 0.600. The lowest BCUT2D eigenvalue weighted by Gasteiger charge is -2.11. The molecule has 0 aliphatic rings. The van der Waals surface area contributed by atoms with Crippen LogP contribution in [0.25, 0.3) is 10.2 Å². The number of fused-ring (bicyclic) bond motifs is 1. The SMILES string of the molecule is CC(C)Cn1c(=O)n(C)c(=O)c2c(C(=O)O)c(C(O)c3sc(Cl)nc3Cl)sc21. The van der Waals surface area contributed by atoms with Gasteiger partial charge in [0.2, 0.25) is 0 Å². The Hall–Kier alpha value is -1.72. The van der Waals surface area contributed by atoms with Gasteiger partial charge in [0.05, 0.1) is 20.7 Å². The molecule has 0 fully saturated rings. The molecule has 150 valence electrons. The van der Waals surface area contributed by atoms with Crippen molar-refractivity contribution in [2.45, 2.75) is 26.5 Å². The van der Waals surface area contributed by atoms with Gasteiger partial charge in [-0.3, -0.25) is 13.9 Å². The minimum Gasteiger partial charge on any atom is -0.478 e. The molecule has 0 radical (unpaired) electrons. The Bertz CT molecular complexity index is 1210. The molecule has 12 heteroatoms. The molecule has 0 bridgehead atoms. The van der Waals surface area contributed by atoms with Gasteiger partial charge in [-0.2, -0.15) is 0 Å². The van der Waals surface area contributed by atoms with E-state index >= 15 is 0 Å². The Morgan fingerprint density at radius 1 is 1.21 bits per heavy atom. The lowest BCUT2D eigenvalue weighted by Crippen LogP contribution is -2.38. The van der Waals surface area contributed by atoms with Crippen molar-refractivity contribution in [3.8, 4) is 0 Å². The fourth-order valence-corrected chi connectivity index (χ4v) is 5.62. The van der Waals surface area contributed by atoms with E-state index in [-0.39, 0.29) is 47.6 Å². The number of hydrogen-bond acceptors (Lipinski definition) is 7. The summed E-state index contributed by atoms with van der Waals surface area (Å²) in [7, 11) is 1.29. The highest BCUT2D eigenvalue weighted by molar-refractivity contribution is 7.19. The number of carboxylic acids is 1. The Morgan fingerprint density at radius 2 is 1.86 bits per heavy atom. The molecule has 0 aliphatic carbocycles. The van der Waals surface area contributed by atoms with Crippen LogP contribution >= 0.6 is 45.9 Å². The van der Waals surface area contributed by atoms with Crippen molar-refractivity contribution in [1.29, 1.82) is 0 Å². The number of rotatable bonds is 5. The van der Waals surface area contributed by atoms with Gasteiger partial charge in [0.25, 0.3) is 5.56 Å². The van der Waals surface area contributed by atoms with Crippen LogP contribution in [0.4, 0.5) is 0 Å². The number of aliphatic hydroxyl groups excluding tert-OH is 1. The summed E-state index contributed by atoms with van der Waals surface area (Å²) in [6.45, 7) is 4.07. The maximum atomic E-state index is 12.7. The number of aromatic carboxylic acids is 1. The minimum atomic E-state index is -1.45. The number of aliphatic hydroxyl groups is 1. The zero-order valence-corrected chi connectivity index (χ0v) is 18.0. The van der Waals surface area contributed by atoms with E-state index in [0.717, 1.165) is 27.2 Å². The third-order valence-corrected chi connectivity index (χ3v) is 6.92. The number of nitrogens with zero attached hydrogens (tertiary/aromatic N) is 3. The van der Waals surface area contributed by atoms with Crippen molar-refractivity contribution in [2.24, 2.45) is 13.0 Å². The maximum Gasteiger partial charge on any atom is 0.337 e. The molecular weight excluding hydrogens is 449 g/mol. The molecule has 2 N–H and O–H groups in total. The van der Waals surface area contributed by atoms with Crippen LogP contribution in [0.15, 0.2) is 9.59 Å². The highest BCUT2D eigenvalue weighted by atomic mass is 35.5. The van der Waals surface area contributed by atoms with Crippen LogP contribution in [0.2, 0.25) is 9.62 Å². The standard InChI is InChI=1S/C16H15Cl2N3O5S2/c1-5(2)4-21-13-7(12(23)20(3)16(21)26)6(14(24)25)9(27-13)8(22)10-11(17)19-15(18)28-10/h5,8,22H,4H2,1-3H3,(H,24,25). The predicted molar refractivity (Wildman–Crippen MR) is 109 cm³/mol. The predicted octanol–water partition coefficient (Wildman–Crippen LogP) is 2.96. The summed E-state index contributed by atoms with van der Waals surface area (Å²) in [6.07, 6.45) is -1.45. The van der Waals surface area contributed by atoms with E-state index in [1.54, 1.807) is 0 Å². The van der Waals surface area contributed by atoms with E-state index in [4.69, 9.17) is 23.2 Å². The highest BCUT2D eigenvalue weighted by Gasteiger charge is 2.31. The lowest BCUT2D eigenvalue weighted by molar-refractivity contribution is 0.0694. The van der Waals surface area contributed by atoms with Gasteiger partial charge in [-0.25, -0.2) is 14.6 Å². The topological polar surface area (TPSA) is 114 Å². The molecule has 0 amide bonds. The van der Waals surface area contributed by atoms with Crippen LogP contribution in [-0.2, 0) is 13.6 Å². The highest BCUT2D eigenvalue weighted by Crippen LogP contribution is 2.41. The molecule has 28 heavy (non-hydrogen) atoms. The first-order valence-corrected chi connectivity index (χ1v) is 10.4. The molecule has 0 spiro atoms. The fourth-order valence-electron chi connectivity index (χ4n) is 2.85. The number of thiophene rings is 1. The van der Waals surface area contributed by atoms with Gasteiger partial charge in [0.15, 0.2) is 4.47 Å². The number of carboxylic acid groups (broad SMARTS) is 1. The molecule has 0 aromatic carbocycles. The average molecular weight is 464 g/mol. The van der Waals surface area contributed by atoms with Crippen molar-refractivity contribution >= 4 is 62.1 Å². The molecule has 3 aromatic rings. The normalized spacial score (nSPS) is 12.8. The van der Waals surface area contributed by atoms with E-state index in [1.165, 1.54) is 11.6 Å². The van der Waals surface area contributed by atoms with E-state index in [2.05, 4.69) is 4.98 Å². The van der Waals surface area contributed by atoms with Gasteiger partial charge >= 0.3 is 11.7 Å². The molecule has 3 aromatic heterocycles. The first kappa shape index (κ1) is 21.0. The third-order valence-electron chi connectivity index (χ3n) is 4.04. The van der Waals surface area contributed by atoms with Gasteiger partial charge < -0.3 is 10.2 Å². The van der Waals surface area contributed by atoms with Gasteiger partial charge in [-0.1, -0.05) is 37.0 Å². The molecule has 3 heterocycles. The second kappa shape index (κ2) is 7.60. The van der Waals surface area contributed by atoms with Crippen LogP contribution < -0.4 is 11.2 Å². The average Bonchev–Trinajstić information content (AvgIpc) is 3.16. The summed E-state index contributed by atoms with van der Waals surface area (Å²) in [5.41, 5.74) is -1.64. The van der Waals surface area contributed by atoms with Crippen molar-refractivity contribution in [3.63, 3.8) is 0 Å². The van der Waals surface area contributed by atoms with Crippen molar-refractivity contribution < 1.29 is 15.0 Å². The van der Waals surface area contributed by atoms with Crippen LogP contribution in [0, 0.1) is 5.92 Å². The van der Waals surface area contributed by atoms with Crippen molar-refractivity contribution in [3.05, 3.63) is 45.8 Å². The Morgan fingerprint density at radius 3 is 2.36 bits per heavy atom. The smallest absolute Gasteiger partial charge is 0.337 e. The largest absolute Gasteiger partial charge is 0.478 e. The van der Waals surface area contributed by atoms with Crippen LogP contribution in [0.1, 0.15) is 40.1 Å². The van der Waals surface area contributed by atoms with Crippen LogP contribution in [0.5, 0.6) is 0 Å². The molecule has 3 rings (SSSR count). The molecule has 8 nitrogen and oxygen atoms in total. The van der Waals surface area contributed by atoms with E-state index in [0.29, 0.717) is 0 Å². The fraction of sp³-hybridized carbons (Fsp3) is 0.375. The van der Waals surface area contributed by atoms with E-state index in [9.17, 15) is 24.6 Å². The number of hydrogen-bond donors (Lipinski definition) is 2. The van der Waals surface area contributed by atoms with E-state index in [1.807, 2.05) is 13.8 Å². The molecule has 1 unspecified atom stereocenters. The summed E-state index contributed by atoms with van der Waals surface area (Å²) in [5, 5.41) is 20.4. The number of aromatic nitrogens is 3. The molecule has 0 saturated carbocycles. The Labute approximate surface area is 176 Å². The van der Waals surface area contributed by atoms with Gasteiger partial charge in [0.1, 0.15) is 16.1 Å². The Kier molecular flexibility index (Phi) is 5.70. The zero-order valence-electron chi connectivity index (χ0n) is 14.9. The zero-order chi connectivity index (χ0) is 20.9. The molecular formula is C16H15Cl2N3O5S2. The van der Waals surface area contributed by atoms with Crippen molar-refractivity contribution in [1.82, 2.24) is 14.1 Å². The second-order valence-corrected chi connectivity index (χ2v) is 9.50. The molecule has 1 atom stereocenters. The first-order valence-electron chi connectivity index (χ1n) is 8.03. The summed E-state index contributed by atoms with van der Waals surface area (Å²) in [4.78, 5) is 41.5. The molecule has 0 aliphatic heterocycles. The minimum absolute atomic E-state index is 0.00933. The summed E-state index contributed by atoms with van der Waals surface area (Å²) in [5.74, 6) is -1.32. The number of halogens is 2. The summed E-state index contributed by atoms with van der Waals surface area (Å²) in [6, 6.07) is 0. The van der Waals surface area contributed by atoms with Gasteiger partial charge in [-0.05, 0) is 5.92 Å². The van der Waals surface area contributed by atoms with Crippen LogP contribution in [-0.4, -0.2) is 30.3 Å².